The van der Waals surface area contributed by atoms with Crippen LogP contribution in [-0.2, 0) is 0 Å². The first kappa shape index (κ1) is 26.7. The van der Waals surface area contributed by atoms with Crippen molar-refractivity contribution >= 4 is 54.6 Å². The minimum Gasteiger partial charge on any atom is -0.454 e. The summed E-state index contributed by atoms with van der Waals surface area (Å²) < 4.78 is 8.83. The molecule has 0 N–H and O–H groups in total. The summed E-state index contributed by atoms with van der Waals surface area (Å²) in [5.41, 5.74) is 10.2. The maximum absolute atomic E-state index is 6.55. The summed E-state index contributed by atoms with van der Waals surface area (Å²) in [5.74, 6) is 1.47. The SMILES string of the molecule is c1ccc(-c2cccc(-c3cccc(-c4nc(-n5c6ccccc6c6ccccc65)c5ccc6c7ccccc7oc6c5n4)c3)c2)cc1. The van der Waals surface area contributed by atoms with E-state index in [1.54, 1.807) is 0 Å². The summed E-state index contributed by atoms with van der Waals surface area (Å²) in [7, 11) is 0. The van der Waals surface area contributed by atoms with Crippen LogP contribution in [0.5, 0.6) is 0 Å². The number of furan rings is 1. The molecule has 0 unspecified atom stereocenters. The first-order chi connectivity index (χ1) is 23.8. The summed E-state index contributed by atoms with van der Waals surface area (Å²) in [6.07, 6.45) is 0. The molecular weight excluding hydrogens is 587 g/mol. The van der Waals surface area contributed by atoms with Crippen LogP contribution in [0.25, 0.3) is 94.1 Å². The first-order valence-electron chi connectivity index (χ1n) is 16.2. The molecule has 0 aliphatic heterocycles. The fourth-order valence-electron chi connectivity index (χ4n) is 7.15. The highest BCUT2D eigenvalue weighted by Gasteiger charge is 2.21. The van der Waals surface area contributed by atoms with Crippen LogP contribution in [0.3, 0.4) is 0 Å². The minimum absolute atomic E-state index is 0.647. The number of nitrogens with zero attached hydrogens (tertiary/aromatic N) is 3. The monoisotopic (exact) mass is 613 g/mol. The third-order valence-corrected chi connectivity index (χ3v) is 9.41. The van der Waals surface area contributed by atoms with Gasteiger partial charge in [-0.05, 0) is 64.7 Å². The zero-order chi connectivity index (χ0) is 31.6. The van der Waals surface area contributed by atoms with Crippen LogP contribution in [0, 0.1) is 0 Å². The molecule has 0 atom stereocenters. The Hall–Kier alpha value is -6.52. The van der Waals surface area contributed by atoms with Gasteiger partial charge in [0.1, 0.15) is 16.9 Å². The van der Waals surface area contributed by atoms with E-state index in [2.05, 4.69) is 150 Å². The van der Waals surface area contributed by atoms with Gasteiger partial charge in [-0.3, -0.25) is 4.57 Å². The zero-order valence-electron chi connectivity index (χ0n) is 25.8. The highest BCUT2D eigenvalue weighted by Crippen LogP contribution is 2.39. The van der Waals surface area contributed by atoms with E-state index in [-0.39, 0.29) is 0 Å². The lowest BCUT2D eigenvalue weighted by Gasteiger charge is -2.13. The van der Waals surface area contributed by atoms with Crippen LogP contribution in [0.4, 0.5) is 0 Å². The largest absolute Gasteiger partial charge is 0.454 e. The molecule has 0 aliphatic carbocycles. The van der Waals surface area contributed by atoms with Crippen molar-refractivity contribution < 1.29 is 4.42 Å². The molecule has 0 bridgehead atoms. The van der Waals surface area contributed by atoms with Gasteiger partial charge < -0.3 is 4.42 Å². The molecule has 0 aliphatic rings. The van der Waals surface area contributed by atoms with Crippen molar-refractivity contribution in [2.24, 2.45) is 0 Å². The fraction of sp³-hybridized carbons (Fsp3) is 0. The van der Waals surface area contributed by atoms with E-state index in [1.165, 1.54) is 21.9 Å². The Balaban J connectivity index is 1.25. The Kier molecular flexibility index (Phi) is 5.84. The zero-order valence-corrected chi connectivity index (χ0v) is 25.8. The number of rotatable bonds is 4. The van der Waals surface area contributed by atoms with E-state index in [0.29, 0.717) is 5.82 Å². The Morgan fingerprint density at radius 2 is 0.938 bits per heavy atom. The minimum atomic E-state index is 0.647. The lowest BCUT2D eigenvalue weighted by atomic mass is 9.98. The van der Waals surface area contributed by atoms with E-state index in [4.69, 9.17) is 14.4 Å². The van der Waals surface area contributed by atoms with Crippen molar-refractivity contribution in [2.75, 3.05) is 0 Å². The maximum Gasteiger partial charge on any atom is 0.162 e. The van der Waals surface area contributed by atoms with Crippen molar-refractivity contribution in [3.05, 3.63) is 164 Å². The normalized spacial score (nSPS) is 11.8. The van der Waals surface area contributed by atoms with Gasteiger partial charge in [0.05, 0.1) is 11.0 Å². The van der Waals surface area contributed by atoms with Crippen molar-refractivity contribution in [1.29, 1.82) is 0 Å². The smallest absolute Gasteiger partial charge is 0.162 e. The number of benzene rings is 7. The second kappa shape index (κ2) is 10.5. The average Bonchev–Trinajstić information content (AvgIpc) is 3.71. The molecule has 4 nitrogen and oxygen atoms in total. The summed E-state index contributed by atoms with van der Waals surface area (Å²) in [4.78, 5) is 10.7. The molecular formula is C44H27N3O. The van der Waals surface area contributed by atoms with Gasteiger partial charge >= 0.3 is 0 Å². The summed E-state index contributed by atoms with van der Waals surface area (Å²) >= 11 is 0. The molecule has 0 radical (unpaired) electrons. The van der Waals surface area contributed by atoms with Gasteiger partial charge in [0.2, 0.25) is 0 Å². The van der Waals surface area contributed by atoms with E-state index in [9.17, 15) is 0 Å². The highest BCUT2D eigenvalue weighted by atomic mass is 16.3. The predicted octanol–water partition coefficient (Wildman–Crippen LogP) is 11.6. The molecule has 48 heavy (non-hydrogen) atoms. The third-order valence-electron chi connectivity index (χ3n) is 9.41. The van der Waals surface area contributed by atoms with E-state index < -0.39 is 0 Å². The lowest BCUT2D eigenvalue weighted by Crippen LogP contribution is -2.03. The second-order valence-corrected chi connectivity index (χ2v) is 12.2. The van der Waals surface area contributed by atoms with Crippen molar-refractivity contribution in [3.63, 3.8) is 0 Å². The fourth-order valence-corrected chi connectivity index (χ4v) is 7.15. The van der Waals surface area contributed by atoms with Crippen LogP contribution in [0.2, 0.25) is 0 Å². The summed E-state index contributed by atoms with van der Waals surface area (Å²) in [6, 6.07) is 57.3. The second-order valence-electron chi connectivity index (χ2n) is 12.2. The van der Waals surface area contributed by atoms with Crippen molar-refractivity contribution in [2.45, 2.75) is 0 Å². The van der Waals surface area contributed by atoms with E-state index >= 15 is 0 Å². The Morgan fingerprint density at radius 3 is 1.67 bits per heavy atom. The maximum atomic E-state index is 6.55. The molecule has 0 fully saturated rings. The van der Waals surface area contributed by atoms with Gasteiger partial charge in [-0.25, -0.2) is 9.97 Å². The van der Waals surface area contributed by atoms with E-state index in [1.807, 2.05) is 18.2 Å². The molecule has 0 spiro atoms. The summed E-state index contributed by atoms with van der Waals surface area (Å²) in [5, 5.41) is 5.43. The Morgan fingerprint density at radius 1 is 0.396 bits per heavy atom. The molecule has 3 aromatic heterocycles. The number of aromatic nitrogens is 3. The average molecular weight is 614 g/mol. The molecule has 10 rings (SSSR count). The predicted molar refractivity (Wildman–Crippen MR) is 197 cm³/mol. The quantitative estimate of drug-likeness (QED) is 0.198. The first-order valence-corrected chi connectivity index (χ1v) is 16.2. The van der Waals surface area contributed by atoms with Crippen molar-refractivity contribution in [3.8, 4) is 39.5 Å². The summed E-state index contributed by atoms with van der Waals surface area (Å²) in [6.45, 7) is 0. The highest BCUT2D eigenvalue weighted by molar-refractivity contribution is 6.16. The molecule has 4 heteroatoms. The van der Waals surface area contributed by atoms with Gasteiger partial charge in [-0.1, -0.05) is 121 Å². The molecule has 3 heterocycles. The molecule has 0 saturated heterocycles. The van der Waals surface area contributed by atoms with Gasteiger partial charge in [0.15, 0.2) is 11.4 Å². The molecule has 224 valence electrons. The van der Waals surface area contributed by atoms with Crippen LogP contribution >= 0.6 is 0 Å². The van der Waals surface area contributed by atoms with Crippen molar-refractivity contribution in [1.82, 2.24) is 14.5 Å². The van der Waals surface area contributed by atoms with E-state index in [0.717, 1.165) is 66.4 Å². The van der Waals surface area contributed by atoms with Gasteiger partial charge in [-0.2, -0.15) is 0 Å². The van der Waals surface area contributed by atoms with Gasteiger partial charge in [-0.15, -0.1) is 0 Å². The lowest BCUT2D eigenvalue weighted by molar-refractivity contribution is 0.671. The standard InChI is InChI=1S/C44H27N3O/c1-2-12-28(13-3-1)29-14-10-15-30(26-29)31-16-11-17-32(27-31)43-45-41-37(25-24-36-35-20-6-9-23-40(35)48-42(36)41)44(46-43)47-38-21-7-4-18-33(38)34-19-5-8-22-39(34)47/h1-27H. The van der Waals surface area contributed by atoms with Crippen LogP contribution in [0.1, 0.15) is 0 Å². The molecule has 0 saturated carbocycles. The van der Waals surface area contributed by atoms with Gasteiger partial charge in [0.25, 0.3) is 0 Å². The third kappa shape index (κ3) is 4.10. The van der Waals surface area contributed by atoms with Gasteiger partial charge in [0, 0.05) is 32.5 Å². The van der Waals surface area contributed by atoms with Crippen LogP contribution in [0.15, 0.2) is 168 Å². The Bertz CT molecular complexity index is 2790. The van der Waals surface area contributed by atoms with Crippen LogP contribution in [-0.4, -0.2) is 14.5 Å². The number of para-hydroxylation sites is 3. The Labute approximate surface area is 276 Å². The molecule has 7 aromatic carbocycles. The molecule has 10 aromatic rings. The number of hydrogen-bond donors (Lipinski definition) is 0. The van der Waals surface area contributed by atoms with Crippen LogP contribution < -0.4 is 0 Å². The molecule has 0 amide bonds. The number of hydrogen-bond acceptors (Lipinski definition) is 3. The topological polar surface area (TPSA) is 43.9 Å². The number of fused-ring (bicyclic) bond motifs is 8.